The SMILES string of the molecule is CC12CCC3C(CCC4(O)CC(OC5OC(C(O)CO)C(O)C5O)CCC34CO)C1(O)CCC2C1=CC(=O)OC1. The lowest BCUT2D eigenvalue weighted by molar-refractivity contribution is -0.284. The molecule has 0 aromatic heterocycles. The van der Waals surface area contributed by atoms with Gasteiger partial charge in [-0.25, -0.2) is 4.79 Å². The molecule has 226 valence electrons. The normalized spacial score (nSPS) is 52.9. The van der Waals surface area contributed by atoms with Crippen LogP contribution in [0.15, 0.2) is 11.6 Å². The fraction of sp³-hybridized carbons (Fsp3) is 0.897. The van der Waals surface area contributed by atoms with Crippen molar-refractivity contribution < 1.29 is 54.8 Å². The summed E-state index contributed by atoms with van der Waals surface area (Å²) in [5, 5.41) is 75.3. The Bertz CT molecular complexity index is 1040. The van der Waals surface area contributed by atoms with Gasteiger partial charge in [0.2, 0.25) is 0 Å². The molecule has 0 amide bonds. The maximum Gasteiger partial charge on any atom is 0.331 e. The molecule has 11 nitrogen and oxygen atoms in total. The molecular weight excluding hydrogens is 524 g/mol. The number of cyclic esters (lactones) is 1. The minimum atomic E-state index is -1.43. The molecule has 4 saturated carbocycles. The first kappa shape index (κ1) is 28.9. The first-order chi connectivity index (χ1) is 18.9. The summed E-state index contributed by atoms with van der Waals surface area (Å²) in [5.74, 6) is -0.464. The van der Waals surface area contributed by atoms with Crippen molar-refractivity contribution in [3.05, 3.63) is 11.6 Å². The molecule has 4 aliphatic carbocycles. The number of ether oxygens (including phenoxy) is 3. The summed E-state index contributed by atoms with van der Waals surface area (Å²) in [7, 11) is 0. The second kappa shape index (κ2) is 9.96. The number of carbonyl (C=O) groups is 1. The Labute approximate surface area is 233 Å². The third kappa shape index (κ3) is 3.92. The number of carbonyl (C=O) groups excluding carboxylic acids is 1. The number of aliphatic hydroxyl groups is 7. The zero-order valence-electron chi connectivity index (χ0n) is 23.0. The van der Waals surface area contributed by atoms with Crippen molar-refractivity contribution in [1.82, 2.24) is 0 Å². The van der Waals surface area contributed by atoms with Crippen molar-refractivity contribution in [2.24, 2.45) is 28.6 Å². The van der Waals surface area contributed by atoms with E-state index in [1.165, 1.54) is 0 Å². The van der Waals surface area contributed by atoms with Gasteiger partial charge in [-0.1, -0.05) is 6.92 Å². The van der Waals surface area contributed by atoms with Gasteiger partial charge in [0.05, 0.1) is 30.5 Å². The summed E-state index contributed by atoms with van der Waals surface area (Å²) in [6.07, 6.45) is -0.616. The summed E-state index contributed by atoms with van der Waals surface area (Å²) in [5.41, 5.74) is -2.52. The maximum atomic E-state index is 12.4. The monoisotopic (exact) mass is 568 g/mol. The van der Waals surface area contributed by atoms with E-state index in [1.807, 2.05) is 0 Å². The molecule has 1 saturated heterocycles. The van der Waals surface area contributed by atoms with E-state index in [0.717, 1.165) is 18.4 Å². The van der Waals surface area contributed by atoms with Gasteiger partial charge in [-0.2, -0.15) is 0 Å². The Morgan fingerprint density at radius 3 is 2.45 bits per heavy atom. The standard InChI is InChI=1S/C29H44O11/c1-26-6-3-18-19(29(26,37)9-5-17(26)15-10-21(33)38-13-15)4-8-28(36)11-16(2-7-27(18,28)14-31)39-25-23(35)22(34)24(40-25)20(32)12-30/h10,16-20,22-25,30-32,34-37H,2-9,11-14H2,1H3. The molecule has 40 heavy (non-hydrogen) atoms. The molecule has 0 spiro atoms. The maximum absolute atomic E-state index is 12.4. The van der Waals surface area contributed by atoms with E-state index in [0.29, 0.717) is 38.5 Å². The van der Waals surface area contributed by atoms with Crippen LogP contribution in [0.25, 0.3) is 0 Å². The van der Waals surface area contributed by atoms with Gasteiger partial charge in [-0.05, 0) is 74.7 Å². The lowest BCUT2D eigenvalue weighted by Gasteiger charge is -2.66. The average molecular weight is 569 g/mol. The molecule has 11 heteroatoms. The van der Waals surface area contributed by atoms with Crippen LogP contribution in [0.2, 0.25) is 0 Å². The molecule has 0 aromatic rings. The molecule has 6 aliphatic rings. The van der Waals surface area contributed by atoms with Crippen LogP contribution in [0.5, 0.6) is 0 Å². The fourth-order valence-corrected chi connectivity index (χ4v) is 10.0. The van der Waals surface area contributed by atoms with Gasteiger partial charge in [0.15, 0.2) is 6.29 Å². The molecule has 5 fully saturated rings. The quantitative estimate of drug-likeness (QED) is 0.205. The van der Waals surface area contributed by atoms with Crippen molar-refractivity contribution in [2.45, 2.75) is 113 Å². The second-order valence-electron chi connectivity index (χ2n) is 13.6. The lowest BCUT2D eigenvalue weighted by Crippen LogP contribution is -2.69. The molecule has 13 unspecified atom stereocenters. The van der Waals surface area contributed by atoms with Crippen LogP contribution in [0.4, 0.5) is 0 Å². The fourth-order valence-electron chi connectivity index (χ4n) is 10.0. The van der Waals surface area contributed by atoms with Crippen LogP contribution in [-0.4, -0.2) is 110 Å². The number of hydrogen-bond acceptors (Lipinski definition) is 11. The van der Waals surface area contributed by atoms with Crippen molar-refractivity contribution >= 4 is 5.97 Å². The van der Waals surface area contributed by atoms with Crippen LogP contribution in [-0.2, 0) is 19.0 Å². The van der Waals surface area contributed by atoms with Crippen LogP contribution >= 0.6 is 0 Å². The Kier molecular flexibility index (Phi) is 7.20. The van der Waals surface area contributed by atoms with E-state index >= 15 is 0 Å². The van der Waals surface area contributed by atoms with E-state index in [2.05, 4.69) is 6.92 Å². The van der Waals surface area contributed by atoms with Gasteiger partial charge in [0, 0.05) is 23.3 Å². The summed E-state index contributed by atoms with van der Waals surface area (Å²) < 4.78 is 16.8. The number of rotatable bonds is 6. The minimum absolute atomic E-state index is 0.0568. The van der Waals surface area contributed by atoms with Gasteiger partial charge in [-0.15, -0.1) is 0 Å². The van der Waals surface area contributed by atoms with Gasteiger partial charge in [0.1, 0.15) is 31.0 Å². The van der Waals surface area contributed by atoms with Crippen molar-refractivity contribution in [3.63, 3.8) is 0 Å². The summed E-state index contributed by atoms with van der Waals surface area (Å²) in [6.45, 7) is 1.56. The van der Waals surface area contributed by atoms with Crippen molar-refractivity contribution in [3.8, 4) is 0 Å². The first-order valence-corrected chi connectivity index (χ1v) is 14.8. The smallest absolute Gasteiger partial charge is 0.331 e. The number of esters is 1. The third-order valence-electron chi connectivity index (χ3n) is 12.2. The van der Waals surface area contributed by atoms with Crippen LogP contribution < -0.4 is 0 Å². The Morgan fingerprint density at radius 2 is 1.77 bits per heavy atom. The number of fused-ring (bicyclic) bond motifs is 5. The zero-order chi connectivity index (χ0) is 28.7. The second-order valence-corrected chi connectivity index (χ2v) is 13.6. The largest absolute Gasteiger partial charge is 0.458 e. The molecule has 7 N–H and O–H groups in total. The molecular formula is C29H44O11. The minimum Gasteiger partial charge on any atom is -0.458 e. The molecule has 13 atom stereocenters. The number of aliphatic hydroxyl groups excluding tert-OH is 5. The molecule has 0 radical (unpaired) electrons. The van der Waals surface area contributed by atoms with E-state index in [-0.39, 0.29) is 43.4 Å². The summed E-state index contributed by atoms with van der Waals surface area (Å²) >= 11 is 0. The Morgan fingerprint density at radius 1 is 1.02 bits per heavy atom. The zero-order valence-corrected chi connectivity index (χ0v) is 23.0. The lowest BCUT2D eigenvalue weighted by atomic mass is 9.41. The Hall–Kier alpha value is -1.15. The molecule has 0 aromatic carbocycles. The van der Waals surface area contributed by atoms with E-state index < -0.39 is 65.4 Å². The average Bonchev–Trinajstić information content (AvgIpc) is 3.57. The highest BCUT2D eigenvalue weighted by atomic mass is 16.7. The third-order valence-corrected chi connectivity index (χ3v) is 12.2. The highest BCUT2D eigenvalue weighted by Crippen LogP contribution is 2.70. The summed E-state index contributed by atoms with van der Waals surface area (Å²) in [6, 6.07) is 0. The van der Waals surface area contributed by atoms with Gasteiger partial charge in [0.25, 0.3) is 0 Å². The highest BCUT2D eigenvalue weighted by Gasteiger charge is 2.71. The van der Waals surface area contributed by atoms with Crippen LogP contribution in [0.1, 0.15) is 64.7 Å². The molecule has 0 bridgehead atoms. The molecule has 2 aliphatic heterocycles. The molecule has 2 heterocycles. The van der Waals surface area contributed by atoms with Crippen LogP contribution in [0.3, 0.4) is 0 Å². The predicted molar refractivity (Wildman–Crippen MR) is 137 cm³/mol. The highest BCUT2D eigenvalue weighted by molar-refractivity contribution is 5.85. The van der Waals surface area contributed by atoms with E-state index in [1.54, 1.807) is 6.08 Å². The van der Waals surface area contributed by atoms with Crippen molar-refractivity contribution in [1.29, 1.82) is 0 Å². The topological polar surface area (TPSA) is 186 Å². The van der Waals surface area contributed by atoms with E-state index in [9.17, 15) is 40.5 Å². The first-order valence-electron chi connectivity index (χ1n) is 14.8. The van der Waals surface area contributed by atoms with Crippen LogP contribution in [0, 0.1) is 28.6 Å². The van der Waals surface area contributed by atoms with Gasteiger partial charge in [-0.3, -0.25) is 0 Å². The molecule has 6 rings (SSSR count). The van der Waals surface area contributed by atoms with Gasteiger partial charge >= 0.3 is 5.97 Å². The number of hydrogen-bond donors (Lipinski definition) is 7. The predicted octanol–water partition coefficient (Wildman–Crippen LogP) is -0.484. The van der Waals surface area contributed by atoms with Gasteiger partial charge < -0.3 is 50.0 Å². The summed E-state index contributed by atoms with van der Waals surface area (Å²) in [4.78, 5) is 11.8. The Balaban J connectivity index is 1.20. The van der Waals surface area contributed by atoms with E-state index in [4.69, 9.17) is 14.2 Å². The van der Waals surface area contributed by atoms with Crippen molar-refractivity contribution in [2.75, 3.05) is 19.8 Å².